The van der Waals surface area contributed by atoms with Crippen molar-refractivity contribution < 1.29 is 0 Å². The molecule has 0 aliphatic heterocycles. The Labute approximate surface area is 102 Å². The Hall–Kier alpha value is -0.0400. The fourth-order valence-corrected chi connectivity index (χ4v) is 3.86. The number of hydrogen-bond donors (Lipinski definition) is 1. The molecule has 0 heterocycles. The highest BCUT2D eigenvalue weighted by Crippen LogP contribution is 2.47. The first-order valence-electron chi connectivity index (χ1n) is 7.31. The molecule has 1 saturated carbocycles. The van der Waals surface area contributed by atoms with Gasteiger partial charge in [0.05, 0.1) is 0 Å². The predicted octanol–water partition coefficient (Wildman–Crippen LogP) is 4.36. The maximum atomic E-state index is 6.63. The Bertz CT molecular complexity index is 188. The number of hydrogen-bond acceptors (Lipinski definition) is 1. The third kappa shape index (κ3) is 3.00. The molecule has 0 aromatic heterocycles. The lowest BCUT2D eigenvalue weighted by Crippen LogP contribution is -2.45. The Balaban J connectivity index is 2.75. The van der Waals surface area contributed by atoms with E-state index in [1.54, 1.807) is 0 Å². The van der Waals surface area contributed by atoms with Gasteiger partial charge in [-0.05, 0) is 36.5 Å². The van der Waals surface area contributed by atoms with Crippen LogP contribution in [-0.2, 0) is 0 Å². The van der Waals surface area contributed by atoms with E-state index in [2.05, 4.69) is 27.7 Å². The topological polar surface area (TPSA) is 26.0 Å². The molecule has 0 saturated heterocycles. The zero-order valence-electron chi connectivity index (χ0n) is 11.8. The second-order valence-corrected chi connectivity index (χ2v) is 6.27. The van der Waals surface area contributed by atoms with E-state index < -0.39 is 0 Å². The van der Waals surface area contributed by atoms with Gasteiger partial charge in [-0.15, -0.1) is 0 Å². The highest BCUT2D eigenvalue weighted by molar-refractivity contribution is 4.96. The lowest BCUT2D eigenvalue weighted by Gasteiger charge is -2.41. The first kappa shape index (κ1) is 14.0. The predicted molar refractivity (Wildman–Crippen MR) is 72.4 cm³/mol. The van der Waals surface area contributed by atoms with Crippen molar-refractivity contribution in [2.75, 3.05) is 0 Å². The second-order valence-electron chi connectivity index (χ2n) is 6.27. The van der Waals surface area contributed by atoms with E-state index in [1.165, 1.54) is 44.9 Å². The van der Waals surface area contributed by atoms with Gasteiger partial charge < -0.3 is 5.73 Å². The molecule has 16 heavy (non-hydrogen) atoms. The molecule has 1 aliphatic rings. The summed E-state index contributed by atoms with van der Waals surface area (Å²) in [7, 11) is 0. The largest absolute Gasteiger partial charge is 0.327 e. The minimum absolute atomic E-state index is 0.437. The van der Waals surface area contributed by atoms with Gasteiger partial charge in [0.25, 0.3) is 0 Å². The molecular formula is C15H31N. The Kier molecular flexibility index (Phi) is 5.30. The molecule has 2 N–H and O–H groups in total. The zero-order valence-corrected chi connectivity index (χ0v) is 11.8. The summed E-state index contributed by atoms with van der Waals surface area (Å²) in [6, 6.07) is 0.437. The van der Waals surface area contributed by atoms with Crippen molar-refractivity contribution in [2.45, 2.75) is 78.7 Å². The number of nitrogens with two attached hydrogens (primary N) is 1. The summed E-state index contributed by atoms with van der Waals surface area (Å²) in [5.41, 5.74) is 7.10. The number of rotatable bonds is 6. The summed E-state index contributed by atoms with van der Waals surface area (Å²) < 4.78 is 0. The maximum Gasteiger partial charge on any atom is 0.0124 e. The van der Waals surface area contributed by atoms with E-state index in [9.17, 15) is 0 Å². The fourth-order valence-electron chi connectivity index (χ4n) is 3.86. The van der Waals surface area contributed by atoms with Crippen LogP contribution in [0.1, 0.15) is 72.6 Å². The third-order valence-electron chi connectivity index (χ3n) is 4.68. The first-order valence-corrected chi connectivity index (χ1v) is 7.31. The molecule has 0 amide bonds. The van der Waals surface area contributed by atoms with E-state index >= 15 is 0 Å². The Morgan fingerprint density at radius 2 is 1.56 bits per heavy atom. The smallest absolute Gasteiger partial charge is 0.0124 e. The average molecular weight is 225 g/mol. The van der Waals surface area contributed by atoms with Crippen molar-refractivity contribution in [3.63, 3.8) is 0 Å². The molecule has 0 aromatic rings. The molecular weight excluding hydrogens is 194 g/mol. The van der Waals surface area contributed by atoms with Gasteiger partial charge in [-0.3, -0.25) is 0 Å². The molecule has 1 atom stereocenters. The summed E-state index contributed by atoms with van der Waals surface area (Å²) in [6.45, 7) is 9.29. The summed E-state index contributed by atoms with van der Waals surface area (Å²) in [5, 5.41) is 0. The van der Waals surface area contributed by atoms with E-state index in [-0.39, 0.29) is 0 Å². The van der Waals surface area contributed by atoms with Crippen molar-refractivity contribution in [3.8, 4) is 0 Å². The van der Waals surface area contributed by atoms with Gasteiger partial charge in [0.1, 0.15) is 0 Å². The van der Waals surface area contributed by atoms with Crippen molar-refractivity contribution in [3.05, 3.63) is 0 Å². The summed E-state index contributed by atoms with van der Waals surface area (Å²) in [6.07, 6.45) is 9.40. The van der Waals surface area contributed by atoms with Crippen LogP contribution in [0.4, 0.5) is 0 Å². The van der Waals surface area contributed by atoms with Gasteiger partial charge in [-0.1, -0.05) is 53.4 Å². The maximum absolute atomic E-state index is 6.63. The van der Waals surface area contributed by atoms with Gasteiger partial charge in [0.2, 0.25) is 0 Å². The Morgan fingerprint density at radius 1 is 1.06 bits per heavy atom. The standard InChI is InChI=1S/C15H31N/c1-5-13(6-2)14(16)15(11-12(3)4)9-7-8-10-15/h12-14H,5-11,16H2,1-4H3. The van der Waals surface area contributed by atoms with E-state index in [1.807, 2.05) is 0 Å². The molecule has 1 unspecified atom stereocenters. The minimum Gasteiger partial charge on any atom is -0.327 e. The van der Waals surface area contributed by atoms with Gasteiger partial charge in [-0.2, -0.15) is 0 Å². The minimum atomic E-state index is 0.437. The summed E-state index contributed by atoms with van der Waals surface area (Å²) in [4.78, 5) is 0. The highest BCUT2D eigenvalue weighted by Gasteiger charge is 2.41. The normalized spacial score (nSPS) is 21.9. The molecule has 1 rings (SSSR count). The van der Waals surface area contributed by atoms with Crippen LogP contribution in [0.2, 0.25) is 0 Å². The molecule has 1 heteroatoms. The molecule has 96 valence electrons. The van der Waals surface area contributed by atoms with Gasteiger partial charge in [0.15, 0.2) is 0 Å². The van der Waals surface area contributed by atoms with Gasteiger partial charge in [-0.25, -0.2) is 0 Å². The van der Waals surface area contributed by atoms with Crippen molar-refractivity contribution in [1.29, 1.82) is 0 Å². The molecule has 0 spiro atoms. The lowest BCUT2D eigenvalue weighted by atomic mass is 9.68. The third-order valence-corrected chi connectivity index (χ3v) is 4.68. The zero-order chi connectivity index (χ0) is 12.2. The Morgan fingerprint density at radius 3 is 1.94 bits per heavy atom. The summed E-state index contributed by atoms with van der Waals surface area (Å²) in [5.74, 6) is 1.52. The van der Waals surface area contributed by atoms with Crippen molar-refractivity contribution >= 4 is 0 Å². The van der Waals surface area contributed by atoms with Crippen molar-refractivity contribution in [2.24, 2.45) is 23.0 Å². The molecule has 1 fully saturated rings. The SMILES string of the molecule is CCC(CC)C(N)C1(CC(C)C)CCCC1. The molecule has 1 aliphatic carbocycles. The van der Waals surface area contributed by atoms with Gasteiger partial charge >= 0.3 is 0 Å². The van der Waals surface area contributed by atoms with Crippen LogP contribution in [0, 0.1) is 17.3 Å². The van der Waals surface area contributed by atoms with Crippen molar-refractivity contribution in [1.82, 2.24) is 0 Å². The molecule has 0 bridgehead atoms. The van der Waals surface area contributed by atoms with E-state index in [0.717, 1.165) is 11.8 Å². The van der Waals surface area contributed by atoms with Crippen LogP contribution in [0.5, 0.6) is 0 Å². The summed E-state index contributed by atoms with van der Waals surface area (Å²) >= 11 is 0. The quantitative estimate of drug-likeness (QED) is 0.714. The molecule has 0 aromatic carbocycles. The van der Waals surface area contributed by atoms with Crippen LogP contribution in [-0.4, -0.2) is 6.04 Å². The van der Waals surface area contributed by atoms with E-state index in [4.69, 9.17) is 5.73 Å². The van der Waals surface area contributed by atoms with Crippen LogP contribution < -0.4 is 5.73 Å². The lowest BCUT2D eigenvalue weighted by molar-refractivity contribution is 0.133. The van der Waals surface area contributed by atoms with Crippen LogP contribution in [0.25, 0.3) is 0 Å². The monoisotopic (exact) mass is 225 g/mol. The van der Waals surface area contributed by atoms with Gasteiger partial charge in [0, 0.05) is 6.04 Å². The molecule has 1 nitrogen and oxygen atoms in total. The van der Waals surface area contributed by atoms with Crippen LogP contribution in [0.3, 0.4) is 0 Å². The van der Waals surface area contributed by atoms with E-state index in [0.29, 0.717) is 11.5 Å². The first-order chi connectivity index (χ1) is 7.55. The molecule has 0 radical (unpaired) electrons. The second kappa shape index (κ2) is 6.05. The average Bonchev–Trinajstić information content (AvgIpc) is 2.68. The highest BCUT2D eigenvalue weighted by atomic mass is 14.7. The fraction of sp³-hybridized carbons (Fsp3) is 1.00. The van der Waals surface area contributed by atoms with Crippen LogP contribution >= 0.6 is 0 Å². The van der Waals surface area contributed by atoms with Crippen LogP contribution in [0.15, 0.2) is 0 Å².